The van der Waals surface area contributed by atoms with Crippen LogP contribution in [-0.4, -0.2) is 17.2 Å². The summed E-state index contributed by atoms with van der Waals surface area (Å²) in [7, 11) is -2.32. The van der Waals surface area contributed by atoms with Crippen LogP contribution in [0.15, 0.2) is 72.8 Å². The van der Waals surface area contributed by atoms with Gasteiger partial charge in [0.05, 0.1) is 0 Å². The van der Waals surface area contributed by atoms with Gasteiger partial charge in [-0.05, 0) is 55.7 Å². The Labute approximate surface area is 155 Å². The number of benzene rings is 3. The highest BCUT2D eigenvalue weighted by Gasteiger charge is 2.50. The maximum atomic E-state index is 12.1. The Morgan fingerprint density at radius 3 is 1.27 bits per heavy atom. The number of aliphatic carboxylic acids is 1. The fourth-order valence-corrected chi connectivity index (χ4v) is 8.57. The lowest BCUT2D eigenvalue weighted by Gasteiger charge is -2.29. The van der Waals surface area contributed by atoms with Gasteiger partial charge in [0.2, 0.25) is 0 Å². The molecule has 26 heavy (non-hydrogen) atoms. The van der Waals surface area contributed by atoms with Crippen LogP contribution >= 0.6 is 7.26 Å². The van der Waals surface area contributed by atoms with Crippen molar-refractivity contribution in [2.24, 2.45) is 0 Å². The van der Waals surface area contributed by atoms with Crippen molar-refractivity contribution in [3.8, 4) is 0 Å². The third-order valence-electron chi connectivity index (χ3n) is 4.95. The van der Waals surface area contributed by atoms with Gasteiger partial charge < -0.3 is 5.11 Å². The second-order valence-corrected chi connectivity index (χ2v) is 10.1. The molecule has 0 aliphatic rings. The molecule has 1 N–H and O–H groups in total. The highest BCUT2D eigenvalue weighted by molar-refractivity contribution is 7.96. The van der Waals surface area contributed by atoms with E-state index in [2.05, 4.69) is 57.2 Å². The second-order valence-electron chi connectivity index (χ2n) is 6.72. The van der Waals surface area contributed by atoms with Gasteiger partial charge >= 0.3 is 5.97 Å². The van der Waals surface area contributed by atoms with Crippen LogP contribution < -0.4 is 15.9 Å². The number of rotatable bonds is 5. The molecule has 0 saturated heterocycles. The predicted octanol–water partition coefficient (Wildman–Crippen LogP) is 3.99. The molecule has 0 atom stereocenters. The average Bonchev–Trinajstić information content (AvgIpc) is 2.61. The molecule has 0 aliphatic carbocycles. The lowest BCUT2D eigenvalue weighted by Crippen LogP contribution is -2.38. The zero-order chi connectivity index (χ0) is 18.7. The highest BCUT2D eigenvalue weighted by atomic mass is 31.2. The standard InChI is InChI=1S/C23H23O2P/c1-17-10-4-7-13-20(17)26(16-23(24)25,21-14-8-5-11-18(21)2)22-15-9-6-12-19(22)3/h4-15H,16H2,1-3H3/p+1. The Kier molecular flexibility index (Phi) is 5.25. The van der Waals surface area contributed by atoms with E-state index in [1.807, 2.05) is 36.4 Å². The van der Waals surface area contributed by atoms with Gasteiger partial charge in [0.15, 0.2) is 6.16 Å². The monoisotopic (exact) mass is 363 g/mol. The first-order valence-electron chi connectivity index (χ1n) is 8.75. The van der Waals surface area contributed by atoms with Crippen molar-refractivity contribution in [2.45, 2.75) is 20.8 Å². The van der Waals surface area contributed by atoms with Crippen molar-refractivity contribution in [2.75, 3.05) is 6.16 Å². The van der Waals surface area contributed by atoms with E-state index in [1.165, 1.54) is 0 Å². The molecule has 3 aromatic rings. The molecule has 0 saturated carbocycles. The molecule has 0 aliphatic heterocycles. The largest absolute Gasteiger partial charge is 0.479 e. The summed E-state index contributed by atoms with van der Waals surface area (Å²) in [6.07, 6.45) is 0.119. The van der Waals surface area contributed by atoms with Crippen LogP contribution in [-0.2, 0) is 4.79 Å². The van der Waals surface area contributed by atoms with Crippen LogP contribution in [0.3, 0.4) is 0 Å². The number of hydrogen-bond donors (Lipinski definition) is 1. The molecule has 0 heterocycles. The summed E-state index contributed by atoms with van der Waals surface area (Å²) in [6.45, 7) is 6.26. The smallest absolute Gasteiger partial charge is 0.342 e. The van der Waals surface area contributed by atoms with Crippen LogP contribution in [0, 0.1) is 20.8 Å². The molecule has 0 bridgehead atoms. The number of aryl methyl sites for hydroxylation is 3. The van der Waals surface area contributed by atoms with Gasteiger partial charge in [-0.3, -0.25) is 0 Å². The molecule has 0 radical (unpaired) electrons. The van der Waals surface area contributed by atoms with Crippen molar-refractivity contribution in [1.29, 1.82) is 0 Å². The molecule has 3 heteroatoms. The summed E-state index contributed by atoms with van der Waals surface area (Å²) < 4.78 is 0. The molecule has 0 aromatic heterocycles. The molecule has 0 amide bonds. The average molecular weight is 363 g/mol. The molecule has 2 nitrogen and oxygen atoms in total. The predicted molar refractivity (Wildman–Crippen MR) is 112 cm³/mol. The van der Waals surface area contributed by atoms with Gasteiger partial charge in [0, 0.05) is 0 Å². The van der Waals surface area contributed by atoms with Crippen molar-refractivity contribution in [3.05, 3.63) is 89.5 Å². The minimum atomic E-state index is -2.32. The quantitative estimate of drug-likeness (QED) is 0.696. The molecular weight excluding hydrogens is 339 g/mol. The normalized spacial score (nSPS) is 11.3. The third-order valence-corrected chi connectivity index (χ3v) is 9.67. The van der Waals surface area contributed by atoms with E-state index in [4.69, 9.17) is 0 Å². The number of hydrogen-bond acceptors (Lipinski definition) is 1. The molecule has 0 unspecified atom stereocenters. The minimum absolute atomic E-state index is 0.119. The summed E-state index contributed by atoms with van der Waals surface area (Å²) in [6, 6.07) is 24.7. The van der Waals surface area contributed by atoms with Gasteiger partial charge in [-0.25, -0.2) is 4.79 Å². The van der Waals surface area contributed by atoms with Gasteiger partial charge in [0.25, 0.3) is 0 Å². The molecule has 0 fully saturated rings. The van der Waals surface area contributed by atoms with Gasteiger partial charge in [-0.15, -0.1) is 0 Å². The van der Waals surface area contributed by atoms with E-state index < -0.39 is 13.2 Å². The van der Waals surface area contributed by atoms with E-state index in [1.54, 1.807) is 0 Å². The summed E-state index contributed by atoms with van der Waals surface area (Å²) in [5.74, 6) is -0.756. The molecule has 3 aromatic carbocycles. The van der Waals surface area contributed by atoms with Gasteiger partial charge in [-0.1, -0.05) is 54.6 Å². The fourth-order valence-electron chi connectivity index (χ4n) is 3.82. The molecule has 132 valence electrons. The van der Waals surface area contributed by atoms with Crippen molar-refractivity contribution < 1.29 is 9.90 Å². The van der Waals surface area contributed by atoms with Crippen LogP contribution in [0.4, 0.5) is 0 Å². The summed E-state index contributed by atoms with van der Waals surface area (Å²) in [4.78, 5) is 12.1. The third kappa shape index (κ3) is 3.18. The molecular formula is C23H24O2P+. The second kappa shape index (κ2) is 7.43. The van der Waals surface area contributed by atoms with E-state index in [9.17, 15) is 9.90 Å². The van der Waals surface area contributed by atoms with E-state index >= 15 is 0 Å². The molecule has 0 spiro atoms. The van der Waals surface area contributed by atoms with Gasteiger partial charge in [-0.2, -0.15) is 0 Å². The Morgan fingerprint density at radius 2 is 1.00 bits per heavy atom. The Morgan fingerprint density at radius 1 is 0.692 bits per heavy atom. The number of carboxylic acids is 1. The first-order valence-corrected chi connectivity index (χ1v) is 10.7. The van der Waals surface area contributed by atoms with Crippen LogP contribution in [0.5, 0.6) is 0 Å². The number of carboxylic acid groups (broad SMARTS) is 1. The maximum absolute atomic E-state index is 12.1. The van der Waals surface area contributed by atoms with Gasteiger partial charge in [0.1, 0.15) is 23.2 Å². The Balaban J connectivity index is 2.48. The van der Waals surface area contributed by atoms with Crippen LogP contribution in [0.25, 0.3) is 0 Å². The fraction of sp³-hybridized carbons (Fsp3) is 0.174. The lowest BCUT2D eigenvalue weighted by atomic mass is 10.2. The van der Waals surface area contributed by atoms with Crippen molar-refractivity contribution in [3.63, 3.8) is 0 Å². The lowest BCUT2D eigenvalue weighted by molar-refractivity contribution is -0.134. The topological polar surface area (TPSA) is 37.3 Å². The highest BCUT2D eigenvalue weighted by Crippen LogP contribution is 2.57. The molecule has 3 rings (SSSR count). The Bertz CT molecular complexity index is 835. The zero-order valence-electron chi connectivity index (χ0n) is 15.4. The van der Waals surface area contributed by atoms with Crippen LogP contribution in [0.2, 0.25) is 0 Å². The first kappa shape index (κ1) is 18.4. The maximum Gasteiger partial charge on any atom is 0.342 e. The zero-order valence-corrected chi connectivity index (χ0v) is 16.3. The van der Waals surface area contributed by atoms with Crippen LogP contribution in [0.1, 0.15) is 16.7 Å². The number of carbonyl (C=O) groups is 1. The van der Waals surface area contributed by atoms with E-state index in [0.717, 1.165) is 32.6 Å². The van der Waals surface area contributed by atoms with Crippen molar-refractivity contribution in [1.82, 2.24) is 0 Å². The summed E-state index contributed by atoms with van der Waals surface area (Å²) >= 11 is 0. The first-order chi connectivity index (χ1) is 12.5. The summed E-state index contributed by atoms with van der Waals surface area (Å²) in [5.41, 5.74) is 3.44. The Hall–Kier alpha value is -2.44. The summed E-state index contributed by atoms with van der Waals surface area (Å²) in [5, 5.41) is 13.4. The van der Waals surface area contributed by atoms with E-state index in [-0.39, 0.29) is 6.16 Å². The van der Waals surface area contributed by atoms with E-state index in [0.29, 0.717) is 0 Å². The minimum Gasteiger partial charge on any atom is -0.479 e. The van der Waals surface area contributed by atoms with Crippen molar-refractivity contribution >= 4 is 29.1 Å². The SMILES string of the molecule is Cc1ccccc1[P+](CC(=O)O)(c1ccccc1C)c1ccccc1C.